The van der Waals surface area contributed by atoms with Gasteiger partial charge in [0.1, 0.15) is 11.6 Å². The van der Waals surface area contributed by atoms with Gasteiger partial charge in [-0.3, -0.25) is 4.79 Å². The summed E-state index contributed by atoms with van der Waals surface area (Å²) in [5, 5.41) is 7.36. The highest BCUT2D eigenvalue weighted by molar-refractivity contribution is 5.91. The second-order valence-electron chi connectivity index (χ2n) is 7.07. The average Bonchev–Trinajstić information content (AvgIpc) is 3.29. The van der Waals surface area contributed by atoms with Crippen LogP contribution in [-0.2, 0) is 17.6 Å². The van der Waals surface area contributed by atoms with E-state index < -0.39 is 0 Å². The van der Waals surface area contributed by atoms with E-state index in [1.165, 1.54) is 36.8 Å². The Bertz CT molecular complexity index is 747. The minimum Gasteiger partial charge on any atom is -0.484 e. The van der Waals surface area contributed by atoms with Crippen molar-refractivity contribution in [1.29, 1.82) is 0 Å². The summed E-state index contributed by atoms with van der Waals surface area (Å²) in [6.45, 7) is 0.0225. The number of carbonyl (C=O) groups is 1. The molecule has 0 saturated heterocycles. The van der Waals surface area contributed by atoms with Crippen molar-refractivity contribution in [3.8, 4) is 5.75 Å². The van der Waals surface area contributed by atoms with Crippen LogP contribution in [0.3, 0.4) is 0 Å². The largest absolute Gasteiger partial charge is 0.484 e. The molecule has 1 saturated carbocycles. The molecule has 1 fully saturated rings. The second kappa shape index (κ2) is 7.30. The van der Waals surface area contributed by atoms with Crippen molar-refractivity contribution in [2.24, 2.45) is 0 Å². The van der Waals surface area contributed by atoms with Gasteiger partial charge < -0.3 is 10.1 Å². The summed E-state index contributed by atoms with van der Waals surface area (Å²) in [6, 6.07) is 8.41. The van der Waals surface area contributed by atoms with E-state index in [-0.39, 0.29) is 12.5 Å². The van der Waals surface area contributed by atoms with Crippen LogP contribution in [0.2, 0.25) is 0 Å². The molecule has 0 atom stereocenters. The molecule has 1 aromatic carbocycles. The van der Waals surface area contributed by atoms with Crippen LogP contribution in [0, 0.1) is 0 Å². The zero-order chi connectivity index (χ0) is 17.1. The SMILES string of the molecule is O=C(COc1ccc2c(c1)CCC2)Nc1ccnn1C1CCCCC1. The van der Waals surface area contributed by atoms with Crippen LogP contribution >= 0.6 is 0 Å². The summed E-state index contributed by atoms with van der Waals surface area (Å²) in [4.78, 5) is 12.3. The molecular weight excluding hydrogens is 314 g/mol. The molecule has 0 radical (unpaired) electrons. The number of fused-ring (bicyclic) bond motifs is 1. The van der Waals surface area contributed by atoms with Gasteiger partial charge in [0.25, 0.3) is 5.91 Å². The van der Waals surface area contributed by atoms with Crippen LogP contribution in [0.25, 0.3) is 0 Å². The van der Waals surface area contributed by atoms with E-state index in [9.17, 15) is 4.79 Å². The number of amides is 1. The molecule has 25 heavy (non-hydrogen) atoms. The fourth-order valence-electron chi connectivity index (χ4n) is 4.00. The monoisotopic (exact) mass is 339 g/mol. The van der Waals surface area contributed by atoms with Gasteiger partial charge in [0.2, 0.25) is 0 Å². The topological polar surface area (TPSA) is 56.1 Å². The van der Waals surface area contributed by atoms with Crippen LogP contribution in [0.1, 0.15) is 55.7 Å². The molecule has 132 valence electrons. The highest BCUT2D eigenvalue weighted by atomic mass is 16.5. The van der Waals surface area contributed by atoms with Crippen molar-refractivity contribution < 1.29 is 9.53 Å². The lowest BCUT2D eigenvalue weighted by Gasteiger charge is -2.23. The maximum atomic E-state index is 12.3. The lowest BCUT2D eigenvalue weighted by molar-refractivity contribution is -0.118. The number of ether oxygens (including phenoxy) is 1. The van der Waals surface area contributed by atoms with E-state index in [0.29, 0.717) is 6.04 Å². The summed E-state index contributed by atoms with van der Waals surface area (Å²) in [6.07, 6.45) is 11.3. The normalized spacial score (nSPS) is 17.3. The van der Waals surface area contributed by atoms with Gasteiger partial charge in [0.05, 0.1) is 12.2 Å². The Morgan fingerprint density at radius 3 is 2.84 bits per heavy atom. The van der Waals surface area contributed by atoms with E-state index in [2.05, 4.69) is 22.5 Å². The van der Waals surface area contributed by atoms with Crippen molar-refractivity contribution in [3.05, 3.63) is 41.6 Å². The molecule has 0 bridgehead atoms. The summed E-state index contributed by atoms with van der Waals surface area (Å²) in [5.74, 6) is 1.41. The maximum absolute atomic E-state index is 12.3. The molecule has 5 nitrogen and oxygen atoms in total. The molecule has 1 amide bonds. The summed E-state index contributed by atoms with van der Waals surface area (Å²) in [7, 11) is 0. The number of aryl methyl sites for hydroxylation is 2. The summed E-state index contributed by atoms with van der Waals surface area (Å²) in [5.41, 5.74) is 2.77. The predicted molar refractivity (Wildman–Crippen MR) is 96.9 cm³/mol. The first kappa shape index (κ1) is 16.2. The number of rotatable bonds is 5. The van der Waals surface area contributed by atoms with Gasteiger partial charge in [-0.05, 0) is 55.4 Å². The van der Waals surface area contributed by atoms with Crippen molar-refractivity contribution >= 4 is 11.7 Å². The van der Waals surface area contributed by atoms with Crippen molar-refractivity contribution in [2.75, 3.05) is 11.9 Å². The van der Waals surface area contributed by atoms with Gasteiger partial charge in [-0.15, -0.1) is 0 Å². The van der Waals surface area contributed by atoms with Gasteiger partial charge in [-0.25, -0.2) is 4.68 Å². The molecule has 2 aromatic rings. The predicted octanol–water partition coefficient (Wildman–Crippen LogP) is 3.89. The van der Waals surface area contributed by atoms with Gasteiger partial charge in [0.15, 0.2) is 6.61 Å². The minimum atomic E-state index is -0.141. The first-order chi connectivity index (χ1) is 12.3. The van der Waals surface area contributed by atoms with Crippen LogP contribution in [0.15, 0.2) is 30.5 Å². The molecule has 2 aliphatic rings. The van der Waals surface area contributed by atoms with E-state index in [0.717, 1.165) is 37.3 Å². The number of hydrogen-bond acceptors (Lipinski definition) is 3. The van der Waals surface area contributed by atoms with Gasteiger partial charge >= 0.3 is 0 Å². The van der Waals surface area contributed by atoms with E-state index in [1.54, 1.807) is 6.20 Å². The van der Waals surface area contributed by atoms with Crippen LogP contribution < -0.4 is 10.1 Å². The smallest absolute Gasteiger partial charge is 0.263 e. The molecule has 0 spiro atoms. The number of nitrogens with one attached hydrogen (secondary N) is 1. The molecule has 2 aliphatic carbocycles. The first-order valence-corrected chi connectivity index (χ1v) is 9.37. The van der Waals surface area contributed by atoms with Crippen LogP contribution in [-0.4, -0.2) is 22.3 Å². The first-order valence-electron chi connectivity index (χ1n) is 9.37. The molecule has 4 rings (SSSR count). The zero-order valence-electron chi connectivity index (χ0n) is 14.5. The molecule has 0 aliphatic heterocycles. The molecular formula is C20H25N3O2. The van der Waals surface area contributed by atoms with E-state index in [1.807, 2.05) is 16.8 Å². The highest BCUT2D eigenvalue weighted by Gasteiger charge is 2.19. The third-order valence-electron chi connectivity index (χ3n) is 5.30. The second-order valence-corrected chi connectivity index (χ2v) is 7.07. The van der Waals surface area contributed by atoms with Crippen molar-refractivity contribution in [1.82, 2.24) is 9.78 Å². The lowest BCUT2D eigenvalue weighted by Crippen LogP contribution is -2.24. The Balaban J connectivity index is 1.34. The van der Waals surface area contributed by atoms with Crippen LogP contribution in [0.5, 0.6) is 5.75 Å². The highest BCUT2D eigenvalue weighted by Crippen LogP contribution is 2.30. The van der Waals surface area contributed by atoms with Gasteiger partial charge in [-0.2, -0.15) is 5.10 Å². The van der Waals surface area contributed by atoms with Crippen LogP contribution in [0.4, 0.5) is 5.82 Å². The Kier molecular flexibility index (Phi) is 4.72. The number of aromatic nitrogens is 2. The maximum Gasteiger partial charge on any atom is 0.263 e. The number of carbonyl (C=O) groups excluding carboxylic acids is 1. The molecule has 1 N–H and O–H groups in total. The lowest BCUT2D eigenvalue weighted by atomic mass is 9.96. The fourth-order valence-corrected chi connectivity index (χ4v) is 4.00. The minimum absolute atomic E-state index is 0.0225. The third-order valence-corrected chi connectivity index (χ3v) is 5.30. The zero-order valence-corrected chi connectivity index (χ0v) is 14.5. The third kappa shape index (κ3) is 3.70. The number of nitrogens with zero attached hydrogens (tertiary/aromatic N) is 2. The molecule has 0 unspecified atom stereocenters. The van der Waals surface area contributed by atoms with Crippen molar-refractivity contribution in [3.63, 3.8) is 0 Å². The van der Waals surface area contributed by atoms with Crippen molar-refractivity contribution in [2.45, 2.75) is 57.4 Å². The standard InChI is InChI=1S/C20H25N3O2/c24-20(14-25-18-10-9-15-5-4-6-16(15)13-18)22-19-11-12-21-23(19)17-7-2-1-3-8-17/h9-13,17H,1-8,14H2,(H,22,24). The van der Waals surface area contributed by atoms with Gasteiger partial charge in [0, 0.05) is 6.07 Å². The average molecular weight is 339 g/mol. The number of benzene rings is 1. The summed E-state index contributed by atoms with van der Waals surface area (Å²) < 4.78 is 7.65. The molecule has 1 aromatic heterocycles. The molecule has 1 heterocycles. The Hall–Kier alpha value is -2.30. The quantitative estimate of drug-likeness (QED) is 0.899. The Labute approximate surface area is 148 Å². The number of hydrogen-bond donors (Lipinski definition) is 1. The van der Waals surface area contributed by atoms with Gasteiger partial charge in [-0.1, -0.05) is 25.3 Å². The molecule has 5 heteroatoms. The Morgan fingerprint density at radius 1 is 1.12 bits per heavy atom. The number of anilines is 1. The fraction of sp³-hybridized carbons (Fsp3) is 0.500. The summed E-state index contributed by atoms with van der Waals surface area (Å²) >= 11 is 0. The van der Waals surface area contributed by atoms with E-state index >= 15 is 0 Å². The Morgan fingerprint density at radius 2 is 1.96 bits per heavy atom. The van der Waals surface area contributed by atoms with E-state index in [4.69, 9.17) is 4.74 Å².